The quantitative estimate of drug-likeness (QED) is 0.428. The summed E-state index contributed by atoms with van der Waals surface area (Å²) in [4.78, 5) is 23.8. The monoisotopic (exact) mass is 481 g/mol. The molecule has 184 valence electrons. The molecule has 0 bridgehead atoms. The molecule has 0 saturated heterocycles. The summed E-state index contributed by atoms with van der Waals surface area (Å²) >= 11 is 0. The second-order valence-electron chi connectivity index (χ2n) is 8.96. The van der Waals surface area contributed by atoms with E-state index in [0.29, 0.717) is 34.7 Å². The SMILES string of the molecule is COc1ccc(F)c(-c2ccc(COc3cc(/C=C/C(=O)O)nc(OC)n3)nc2CC(C)(C)C)c1. The average Bonchev–Trinajstić information content (AvgIpc) is 2.81. The van der Waals surface area contributed by atoms with Gasteiger partial charge in [-0.15, -0.1) is 0 Å². The molecule has 0 spiro atoms. The topological polar surface area (TPSA) is 104 Å². The van der Waals surface area contributed by atoms with Crippen LogP contribution >= 0.6 is 0 Å². The number of halogens is 1. The first-order chi connectivity index (χ1) is 16.6. The van der Waals surface area contributed by atoms with E-state index in [1.807, 2.05) is 6.07 Å². The first-order valence-electron chi connectivity index (χ1n) is 10.9. The predicted octanol–water partition coefficient (Wildman–Crippen LogP) is 4.96. The Morgan fingerprint density at radius 3 is 2.46 bits per heavy atom. The summed E-state index contributed by atoms with van der Waals surface area (Å²) in [5.41, 5.74) is 2.68. The molecule has 1 N–H and O–H groups in total. The Labute approximate surface area is 203 Å². The van der Waals surface area contributed by atoms with Crippen molar-refractivity contribution in [3.8, 4) is 28.8 Å². The van der Waals surface area contributed by atoms with Gasteiger partial charge in [-0.25, -0.2) is 9.18 Å². The summed E-state index contributed by atoms with van der Waals surface area (Å²) in [6.45, 7) is 6.34. The highest BCUT2D eigenvalue weighted by molar-refractivity contribution is 5.84. The van der Waals surface area contributed by atoms with Gasteiger partial charge in [0, 0.05) is 29.0 Å². The van der Waals surface area contributed by atoms with E-state index in [4.69, 9.17) is 24.3 Å². The van der Waals surface area contributed by atoms with Gasteiger partial charge in [-0.05, 0) is 42.2 Å². The van der Waals surface area contributed by atoms with Crippen LogP contribution < -0.4 is 14.2 Å². The van der Waals surface area contributed by atoms with Crippen molar-refractivity contribution >= 4 is 12.0 Å². The third-order valence-corrected chi connectivity index (χ3v) is 4.84. The summed E-state index contributed by atoms with van der Waals surface area (Å²) in [7, 11) is 2.94. The third-order valence-electron chi connectivity index (χ3n) is 4.84. The number of carboxylic acid groups (broad SMARTS) is 1. The van der Waals surface area contributed by atoms with Gasteiger partial charge in [-0.3, -0.25) is 4.98 Å². The summed E-state index contributed by atoms with van der Waals surface area (Å²) < 4.78 is 30.9. The van der Waals surface area contributed by atoms with Crippen molar-refractivity contribution in [2.24, 2.45) is 5.41 Å². The van der Waals surface area contributed by atoms with Gasteiger partial charge in [-0.2, -0.15) is 9.97 Å². The van der Waals surface area contributed by atoms with Crippen LogP contribution in [0.1, 0.15) is 37.9 Å². The van der Waals surface area contributed by atoms with Crippen LogP contribution in [-0.2, 0) is 17.8 Å². The fraction of sp³-hybridized carbons (Fsp3) is 0.308. The van der Waals surface area contributed by atoms with Crippen molar-refractivity contribution in [2.75, 3.05) is 14.2 Å². The Bertz CT molecular complexity index is 1240. The van der Waals surface area contributed by atoms with Crippen molar-refractivity contribution in [2.45, 2.75) is 33.8 Å². The van der Waals surface area contributed by atoms with E-state index in [0.717, 1.165) is 11.8 Å². The smallest absolute Gasteiger partial charge is 0.328 e. The Kier molecular flexibility index (Phi) is 8.01. The minimum atomic E-state index is -1.10. The number of hydrogen-bond acceptors (Lipinski definition) is 7. The van der Waals surface area contributed by atoms with Crippen molar-refractivity contribution in [3.63, 3.8) is 0 Å². The number of pyridine rings is 1. The van der Waals surface area contributed by atoms with Gasteiger partial charge in [0.2, 0.25) is 5.88 Å². The number of aromatic nitrogens is 3. The summed E-state index contributed by atoms with van der Waals surface area (Å²) in [6, 6.07) is 9.75. The Morgan fingerprint density at radius 2 is 1.80 bits per heavy atom. The van der Waals surface area contributed by atoms with Gasteiger partial charge in [0.15, 0.2) is 0 Å². The lowest BCUT2D eigenvalue weighted by Gasteiger charge is -2.21. The van der Waals surface area contributed by atoms with Crippen LogP contribution in [0, 0.1) is 11.2 Å². The zero-order valence-corrected chi connectivity index (χ0v) is 20.3. The van der Waals surface area contributed by atoms with E-state index in [-0.39, 0.29) is 29.7 Å². The molecule has 0 radical (unpaired) electrons. The highest BCUT2D eigenvalue weighted by Gasteiger charge is 2.19. The molecule has 1 aromatic carbocycles. The van der Waals surface area contributed by atoms with Crippen LogP contribution in [0.4, 0.5) is 4.39 Å². The lowest BCUT2D eigenvalue weighted by Crippen LogP contribution is -2.13. The molecule has 2 heterocycles. The van der Waals surface area contributed by atoms with Gasteiger partial charge in [0.25, 0.3) is 0 Å². The maximum absolute atomic E-state index is 14.7. The second-order valence-corrected chi connectivity index (χ2v) is 8.96. The standard InChI is InChI=1S/C26H28FN3O5/c1-26(2,3)14-22-19(20-13-18(33-4)8-10-21(20)27)9-6-17(28-22)15-35-23-12-16(7-11-24(31)32)29-25(30-23)34-5/h6-13H,14-15H2,1-5H3,(H,31,32)/b11-7+. The molecule has 0 unspecified atom stereocenters. The van der Waals surface area contributed by atoms with Crippen molar-refractivity contribution in [3.05, 3.63) is 65.4 Å². The zero-order valence-electron chi connectivity index (χ0n) is 20.3. The number of benzene rings is 1. The molecule has 35 heavy (non-hydrogen) atoms. The molecule has 0 saturated carbocycles. The van der Waals surface area contributed by atoms with Gasteiger partial charge in [0.05, 0.1) is 25.6 Å². The predicted molar refractivity (Wildman–Crippen MR) is 129 cm³/mol. The summed E-state index contributed by atoms with van der Waals surface area (Å²) in [5, 5.41) is 8.85. The zero-order chi connectivity index (χ0) is 25.6. The van der Waals surface area contributed by atoms with Crippen LogP contribution in [0.25, 0.3) is 17.2 Å². The Morgan fingerprint density at radius 1 is 1.03 bits per heavy atom. The number of ether oxygens (including phenoxy) is 3. The molecule has 0 atom stereocenters. The first-order valence-corrected chi connectivity index (χ1v) is 10.9. The normalized spacial score (nSPS) is 11.5. The first kappa shape index (κ1) is 25.6. The summed E-state index contributed by atoms with van der Waals surface area (Å²) in [6.07, 6.45) is 2.89. The minimum absolute atomic E-state index is 0.0396. The molecule has 0 aliphatic rings. The molecular formula is C26H28FN3O5. The fourth-order valence-corrected chi connectivity index (χ4v) is 3.32. The summed E-state index contributed by atoms with van der Waals surface area (Å²) in [5.74, 6) is -0.708. The van der Waals surface area contributed by atoms with Crippen LogP contribution in [-0.4, -0.2) is 40.2 Å². The Balaban J connectivity index is 1.92. The molecule has 3 rings (SSSR count). The van der Waals surface area contributed by atoms with Crippen LogP contribution in [0.5, 0.6) is 17.6 Å². The van der Waals surface area contributed by atoms with Gasteiger partial charge in [-0.1, -0.05) is 26.8 Å². The number of rotatable bonds is 9. The van der Waals surface area contributed by atoms with E-state index in [9.17, 15) is 9.18 Å². The van der Waals surface area contributed by atoms with E-state index in [1.54, 1.807) is 18.2 Å². The van der Waals surface area contributed by atoms with Crippen LogP contribution in [0.15, 0.2) is 42.5 Å². The number of nitrogens with zero attached hydrogens (tertiary/aromatic N) is 3. The number of carboxylic acids is 1. The van der Waals surface area contributed by atoms with E-state index in [1.165, 1.54) is 32.4 Å². The largest absolute Gasteiger partial charge is 0.497 e. The lowest BCUT2D eigenvalue weighted by molar-refractivity contribution is -0.131. The fourth-order valence-electron chi connectivity index (χ4n) is 3.32. The second kappa shape index (κ2) is 10.9. The van der Waals surface area contributed by atoms with E-state index < -0.39 is 5.97 Å². The number of methoxy groups -OCH3 is 2. The van der Waals surface area contributed by atoms with Gasteiger partial charge >= 0.3 is 12.0 Å². The molecular weight excluding hydrogens is 453 g/mol. The molecule has 0 amide bonds. The lowest BCUT2D eigenvalue weighted by atomic mass is 9.87. The average molecular weight is 482 g/mol. The molecule has 3 aromatic rings. The molecule has 8 nitrogen and oxygen atoms in total. The molecule has 0 aliphatic heterocycles. The maximum atomic E-state index is 14.7. The number of hydrogen-bond donors (Lipinski definition) is 1. The van der Waals surface area contributed by atoms with Crippen LogP contribution in [0.2, 0.25) is 0 Å². The number of aliphatic carboxylic acids is 1. The third kappa shape index (κ3) is 7.23. The maximum Gasteiger partial charge on any atom is 0.328 e. The van der Waals surface area contributed by atoms with Crippen molar-refractivity contribution < 1.29 is 28.5 Å². The van der Waals surface area contributed by atoms with Gasteiger partial charge in [0.1, 0.15) is 18.2 Å². The molecule has 0 aliphatic carbocycles. The minimum Gasteiger partial charge on any atom is -0.497 e. The van der Waals surface area contributed by atoms with Gasteiger partial charge < -0.3 is 19.3 Å². The highest BCUT2D eigenvalue weighted by Crippen LogP contribution is 2.32. The van der Waals surface area contributed by atoms with Crippen molar-refractivity contribution in [1.82, 2.24) is 15.0 Å². The van der Waals surface area contributed by atoms with E-state index >= 15 is 0 Å². The molecule has 2 aromatic heterocycles. The van der Waals surface area contributed by atoms with Crippen LogP contribution in [0.3, 0.4) is 0 Å². The highest BCUT2D eigenvalue weighted by atomic mass is 19.1. The Hall–Kier alpha value is -4.01. The van der Waals surface area contributed by atoms with Crippen molar-refractivity contribution in [1.29, 1.82) is 0 Å². The van der Waals surface area contributed by atoms with E-state index in [2.05, 4.69) is 30.7 Å². The molecule has 9 heteroatoms. The number of carbonyl (C=O) groups is 1. The molecule has 0 fully saturated rings.